The Bertz CT molecular complexity index is 1180. The average Bonchev–Trinajstić information content (AvgIpc) is 2.73. The summed E-state index contributed by atoms with van der Waals surface area (Å²) in [6.07, 6.45) is -1.50. The van der Waals surface area contributed by atoms with Crippen LogP contribution in [0.15, 0.2) is 52.4 Å². The summed E-state index contributed by atoms with van der Waals surface area (Å²) in [6, 6.07) is 10.3. The van der Waals surface area contributed by atoms with Crippen LogP contribution in [0, 0.1) is 5.21 Å². The third-order valence-electron chi connectivity index (χ3n) is 4.01. The van der Waals surface area contributed by atoms with Gasteiger partial charge in [-0.2, -0.15) is 10.3 Å². The number of hydrogen-bond acceptors (Lipinski definition) is 8. The fourth-order valence-electron chi connectivity index (χ4n) is 2.62. The molecular formula is C17H16ClN7O4S. The summed E-state index contributed by atoms with van der Waals surface area (Å²) in [4.78, 5) is 19.6. The second kappa shape index (κ2) is 9.23. The van der Waals surface area contributed by atoms with Crippen LogP contribution in [0.3, 0.4) is 0 Å². The number of hydrogen-bond donors (Lipinski definition) is 7. The van der Waals surface area contributed by atoms with Crippen LogP contribution in [-0.2, 0) is 0 Å². The first-order chi connectivity index (χ1) is 14.3. The van der Waals surface area contributed by atoms with Crippen molar-refractivity contribution in [2.45, 2.75) is 6.10 Å². The van der Waals surface area contributed by atoms with Crippen molar-refractivity contribution in [1.29, 1.82) is 0 Å². The van der Waals surface area contributed by atoms with Gasteiger partial charge in [-0.05, 0) is 36.0 Å². The Kier molecular flexibility index (Phi) is 6.69. The lowest BCUT2D eigenvalue weighted by molar-refractivity contribution is -0.991. The highest BCUT2D eigenvalue weighted by atomic mass is 35.5. The number of hydrazone groups is 1. The molecule has 0 aliphatic heterocycles. The number of nitrogens with two attached hydrogens (primary N) is 1. The van der Waals surface area contributed by atoms with Crippen molar-refractivity contribution in [2.24, 2.45) is 10.9 Å². The van der Waals surface area contributed by atoms with Gasteiger partial charge in [0.25, 0.3) is 5.56 Å². The zero-order chi connectivity index (χ0) is 21.8. The maximum absolute atomic E-state index is 12.7. The Morgan fingerprint density at radius 2 is 2.13 bits per heavy atom. The van der Waals surface area contributed by atoms with Gasteiger partial charge in [-0.15, -0.1) is 0 Å². The number of thiocarbonyl (C=S) groups is 1. The quantitative estimate of drug-likeness (QED) is 0.120. The normalized spacial score (nSPS) is 13.7. The van der Waals surface area contributed by atoms with Crippen molar-refractivity contribution < 1.29 is 15.5 Å². The van der Waals surface area contributed by atoms with E-state index in [2.05, 4.69) is 25.9 Å². The molecule has 0 amide bonds. The maximum atomic E-state index is 12.7. The Hall–Kier alpha value is -2.97. The van der Waals surface area contributed by atoms with Crippen molar-refractivity contribution in [3.63, 3.8) is 0 Å². The lowest BCUT2D eigenvalue weighted by Gasteiger charge is -2.17. The van der Waals surface area contributed by atoms with Gasteiger partial charge >= 0.3 is 0 Å². The van der Waals surface area contributed by atoms with Gasteiger partial charge in [-0.1, -0.05) is 23.7 Å². The molecule has 2 unspecified atom stereocenters. The number of aromatic amines is 1. The molecule has 0 bridgehead atoms. The van der Waals surface area contributed by atoms with E-state index in [1.807, 2.05) is 0 Å². The van der Waals surface area contributed by atoms with Crippen molar-refractivity contribution in [2.75, 3.05) is 0 Å². The van der Waals surface area contributed by atoms with Crippen LogP contribution in [0.1, 0.15) is 17.4 Å². The minimum Gasteiger partial charge on any atom is -0.595 e. The predicted molar refractivity (Wildman–Crippen MR) is 114 cm³/mol. The first-order valence-corrected chi connectivity index (χ1v) is 9.14. The average molecular weight is 450 g/mol. The number of benzene rings is 2. The molecule has 0 aliphatic carbocycles. The van der Waals surface area contributed by atoms with E-state index < -0.39 is 16.9 Å². The SMILES string of the molecule is NNC(=S)N/N=C(\c1nc2ccc(Cl)cc2[nH]c1=O)C(O)c1cccc([NH+]([O-])O)c1. The molecule has 0 aliphatic rings. The molecule has 3 aromatic rings. The van der Waals surface area contributed by atoms with Crippen LogP contribution in [0.25, 0.3) is 11.0 Å². The number of aromatic nitrogens is 2. The monoisotopic (exact) mass is 449 g/mol. The van der Waals surface area contributed by atoms with Crippen LogP contribution in [-0.4, -0.2) is 31.1 Å². The van der Waals surface area contributed by atoms with Crippen LogP contribution in [0.2, 0.25) is 5.02 Å². The molecule has 0 spiro atoms. The van der Waals surface area contributed by atoms with Crippen molar-refractivity contribution in [3.8, 4) is 0 Å². The molecule has 0 saturated heterocycles. The van der Waals surface area contributed by atoms with Crippen LogP contribution < -0.4 is 27.5 Å². The highest BCUT2D eigenvalue weighted by Gasteiger charge is 2.23. The molecule has 2 atom stereocenters. The van der Waals surface area contributed by atoms with Gasteiger partial charge in [0.15, 0.2) is 11.4 Å². The number of nitrogens with zero attached hydrogens (tertiary/aromatic N) is 2. The molecule has 8 N–H and O–H groups in total. The summed E-state index contributed by atoms with van der Waals surface area (Å²) in [5.74, 6) is 5.21. The number of rotatable bonds is 5. The van der Waals surface area contributed by atoms with Gasteiger partial charge in [0, 0.05) is 17.2 Å². The van der Waals surface area contributed by atoms with Crippen LogP contribution in [0.4, 0.5) is 5.69 Å². The van der Waals surface area contributed by atoms with Gasteiger partial charge in [0.1, 0.15) is 11.8 Å². The molecule has 1 heterocycles. The standard InChI is InChI=1S/C17H16ClN7O4S/c18-9-4-5-11-12(7-9)21-16(27)14(20-11)13(23-24-17(30)22-19)15(26)8-2-1-3-10(6-8)25(28)29/h1-7,15,25-26,28H,19H2,(H,21,27)(H2,22,24,30)/b23-13+. The molecule has 3 rings (SSSR count). The summed E-state index contributed by atoms with van der Waals surface area (Å²) in [7, 11) is 0. The third-order valence-corrected chi connectivity index (χ3v) is 4.46. The van der Waals surface area contributed by atoms with Gasteiger partial charge in [0.05, 0.1) is 11.0 Å². The summed E-state index contributed by atoms with van der Waals surface area (Å²) in [6.45, 7) is 0. The number of aliphatic hydroxyl groups is 1. The molecule has 30 heavy (non-hydrogen) atoms. The lowest BCUT2D eigenvalue weighted by atomic mass is 10.0. The van der Waals surface area contributed by atoms with Crippen LogP contribution >= 0.6 is 23.8 Å². The first-order valence-electron chi connectivity index (χ1n) is 8.35. The van der Waals surface area contributed by atoms with Crippen molar-refractivity contribution >= 4 is 51.4 Å². The number of quaternary nitrogens is 1. The molecule has 13 heteroatoms. The molecule has 2 aromatic carbocycles. The molecule has 0 saturated carbocycles. The third kappa shape index (κ3) is 4.77. The number of hydrazine groups is 1. The molecule has 0 fully saturated rings. The maximum Gasteiger partial charge on any atom is 0.276 e. The highest BCUT2D eigenvalue weighted by molar-refractivity contribution is 7.80. The number of nitrogens with one attached hydrogen (secondary N) is 4. The largest absolute Gasteiger partial charge is 0.595 e. The molecule has 11 nitrogen and oxygen atoms in total. The van der Waals surface area contributed by atoms with Gasteiger partial charge in [-0.3, -0.25) is 15.6 Å². The van der Waals surface area contributed by atoms with E-state index in [0.717, 1.165) is 0 Å². The molecule has 156 valence electrons. The van der Waals surface area contributed by atoms with Gasteiger partial charge < -0.3 is 15.3 Å². The Balaban J connectivity index is 2.14. The predicted octanol–water partition coefficient (Wildman–Crippen LogP) is -0.245. The summed E-state index contributed by atoms with van der Waals surface area (Å²) in [5.41, 5.74) is 4.42. The van der Waals surface area contributed by atoms with Crippen molar-refractivity contribution in [1.82, 2.24) is 20.8 Å². The van der Waals surface area contributed by atoms with E-state index in [1.165, 1.54) is 30.3 Å². The van der Waals surface area contributed by atoms with E-state index >= 15 is 0 Å². The van der Waals surface area contributed by atoms with E-state index in [-0.39, 0.29) is 27.8 Å². The minimum absolute atomic E-state index is 0.0481. The van der Waals surface area contributed by atoms with E-state index in [1.54, 1.807) is 12.1 Å². The zero-order valence-electron chi connectivity index (χ0n) is 15.1. The summed E-state index contributed by atoms with van der Waals surface area (Å²) >= 11 is 10.8. The van der Waals surface area contributed by atoms with Crippen molar-refractivity contribution in [3.05, 3.63) is 74.3 Å². The number of aliphatic hydroxyl groups excluding tert-OH is 1. The lowest BCUT2D eigenvalue weighted by Crippen LogP contribution is -2.99. The molecular weight excluding hydrogens is 434 g/mol. The molecule has 1 aromatic heterocycles. The number of fused-ring (bicyclic) bond motifs is 1. The summed E-state index contributed by atoms with van der Waals surface area (Å²) < 4.78 is 0. The Morgan fingerprint density at radius 3 is 2.83 bits per heavy atom. The molecule has 0 radical (unpaired) electrons. The van der Waals surface area contributed by atoms with Gasteiger partial charge in [-0.25, -0.2) is 16.0 Å². The highest BCUT2D eigenvalue weighted by Crippen LogP contribution is 2.21. The fourth-order valence-corrected chi connectivity index (χ4v) is 2.84. The fraction of sp³-hybridized carbons (Fsp3) is 0.0588. The smallest absolute Gasteiger partial charge is 0.276 e. The van der Waals surface area contributed by atoms with E-state index in [0.29, 0.717) is 16.1 Å². The summed E-state index contributed by atoms with van der Waals surface area (Å²) in [5, 5.41) is 34.5. The van der Waals surface area contributed by atoms with Crippen LogP contribution in [0.5, 0.6) is 0 Å². The topological polar surface area (TPSA) is 176 Å². The first kappa shape index (κ1) is 21.7. The number of H-pyrrole nitrogens is 1. The Labute approximate surface area is 179 Å². The van der Waals surface area contributed by atoms with E-state index in [9.17, 15) is 20.3 Å². The Morgan fingerprint density at radius 1 is 1.37 bits per heavy atom. The zero-order valence-corrected chi connectivity index (χ0v) is 16.7. The minimum atomic E-state index is -1.50. The second-order valence-corrected chi connectivity index (χ2v) is 6.84. The van der Waals surface area contributed by atoms with Gasteiger partial charge in [0.2, 0.25) is 5.11 Å². The second-order valence-electron chi connectivity index (χ2n) is 5.99. The van der Waals surface area contributed by atoms with E-state index in [4.69, 9.17) is 29.7 Å². The number of halogens is 1.